The minimum Gasteiger partial charge on any atom is -0.373 e. The predicted molar refractivity (Wildman–Crippen MR) is 70.7 cm³/mol. The van der Waals surface area contributed by atoms with Crippen LogP contribution < -0.4 is 0 Å². The molecule has 0 saturated carbocycles. The quantitative estimate of drug-likeness (QED) is 0.433. The van der Waals surface area contributed by atoms with Crippen LogP contribution in [0.15, 0.2) is 42.0 Å². The van der Waals surface area contributed by atoms with Crippen molar-refractivity contribution in [2.75, 3.05) is 19.4 Å². The van der Waals surface area contributed by atoms with E-state index in [9.17, 15) is 8.42 Å². The van der Waals surface area contributed by atoms with Crippen molar-refractivity contribution in [1.29, 1.82) is 0 Å². The minimum atomic E-state index is -3.61. The Balaban J connectivity index is 2.36. The molecule has 5 heteroatoms. The van der Waals surface area contributed by atoms with E-state index in [4.69, 9.17) is 6.11 Å². The van der Waals surface area contributed by atoms with Gasteiger partial charge in [-0.05, 0) is 18.1 Å². The maximum Gasteiger partial charge on any atom is 0.264 e. The van der Waals surface area contributed by atoms with Crippen molar-refractivity contribution in [3.8, 4) is 0 Å². The molecule has 0 fully saturated rings. The van der Waals surface area contributed by atoms with E-state index < -0.39 is 16.7 Å². The lowest BCUT2D eigenvalue weighted by atomic mass is 10.2. The molecule has 100 valence electrons. The molecule has 0 aromatic heterocycles. The summed E-state index contributed by atoms with van der Waals surface area (Å²) in [6, 6.07) is 9.70. The molecule has 0 bridgehead atoms. The fraction of sp³-hybridized carbons (Fsp3) is 0.385. The van der Waals surface area contributed by atoms with Gasteiger partial charge in [0, 0.05) is 0 Å². The predicted octanol–water partition coefficient (Wildman–Crippen LogP) is 2.13. The van der Waals surface area contributed by atoms with Crippen molar-refractivity contribution in [2.45, 2.75) is 13.5 Å². The second-order valence-corrected chi connectivity index (χ2v) is 5.47. The maximum absolute atomic E-state index is 10.9. The van der Waals surface area contributed by atoms with Crippen molar-refractivity contribution in [3.05, 3.63) is 47.5 Å². The molecule has 0 amide bonds. The van der Waals surface area contributed by atoms with Gasteiger partial charge >= 0.3 is 0 Å². The summed E-state index contributed by atoms with van der Waals surface area (Å²) in [5.74, 6) is 0. The van der Waals surface area contributed by atoms with E-state index >= 15 is 0 Å². The lowest BCUT2D eigenvalue weighted by Gasteiger charge is -2.03. The van der Waals surface area contributed by atoms with Crippen LogP contribution in [0.25, 0.3) is 0 Å². The van der Waals surface area contributed by atoms with Crippen LogP contribution in [0.4, 0.5) is 0 Å². The summed E-state index contributed by atoms with van der Waals surface area (Å²) in [5, 5.41) is 0. The molecule has 18 heavy (non-hydrogen) atoms. The molecule has 0 heterocycles. The highest BCUT2D eigenvalue weighted by atomic mass is 32.2. The van der Waals surface area contributed by atoms with E-state index in [-0.39, 0.29) is 0 Å². The molecule has 1 rings (SSSR count). The Kier molecular flexibility index (Phi) is 5.38. The fourth-order valence-electron chi connectivity index (χ4n) is 1.15. The monoisotopic (exact) mass is 271 g/mol. The third-order valence-corrected chi connectivity index (χ3v) is 2.49. The molecule has 0 saturated heterocycles. The Morgan fingerprint density at radius 1 is 1.39 bits per heavy atom. The van der Waals surface area contributed by atoms with Gasteiger partial charge < -0.3 is 4.74 Å². The first-order valence-corrected chi connectivity index (χ1v) is 7.29. The van der Waals surface area contributed by atoms with Crippen LogP contribution in [0, 0.1) is 0 Å². The Hall–Kier alpha value is -1.17. The third-order valence-electron chi connectivity index (χ3n) is 2.04. The van der Waals surface area contributed by atoms with Gasteiger partial charge in [0.25, 0.3) is 10.1 Å². The standard InChI is InChI=1S/C13H18O4S/c1-12(10-17-18(2,14)15)8-9-16-11-13-6-4-3-5-7-13/h3-8H,9-11H2,1-2H3/b12-8+/i10D/t10-/m1/s1. The lowest BCUT2D eigenvalue weighted by Crippen LogP contribution is -2.05. The summed E-state index contributed by atoms with van der Waals surface area (Å²) in [4.78, 5) is 0. The van der Waals surface area contributed by atoms with Crippen molar-refractivity contribution in [2.24, 2.45) is 0 Å². The van der Waals surface area contributed by atoms with Crippen LogP contribution in [-0.4, -0.2) is 27.9 Å². The smallest absolute Gasteiger partial charge is 0.264 e. The molecule has 0 N–H and O–H groups in total. The highest BCUT2D eigenvalue weighted by molar-refractivity contribution is 7.85. The van der Waals surface area contributed by atoms with Gasteiger partial charge in [0.05, 0.1) is 27.4 Å². The Morgan fingerprint density at radius 2 is 2.06 bits per heavy atom. The minimum absolute atomic E-state index is 0.309. The fourth-order valence-corrected chi connectivity index (χ4v) is 1.48. The summed E-state index contributed by atoms with van der Waals surface area (Å²) in [5.41, 5.74) is 1.56. The zero-order valence-corrected chi connectivity index (χ0v) is 11.3. The van der Waals surface area contributed by atoms with Crippen LogP contribution >= 0.6 is 0 Å². The molecule has 0 aliphatic rings. The summed E-state index contributed by atoms with van der Waals surface area (Å²) >= 11 is 0. The van der Waals surface area contributed by atoms with Crippen LogP contribution in [-0.2, 0) is 25.6 Å². The molecule has 1 aromatic rings. The average Bonchev–Trinajstić information content (AvgIpc) is 2.33. The molecule has 1 aromatic carbocycles. The second kappa shape index (κ2) is 7.31. The Labute approximate surface area is 110 Å². The van der Waals surface area contributed by atoms with Gasteiger partial charge in [-0.25, -0.2) is 0 Å². The topological polar surface area (TPSA) is 52.6 Å². The van der Waals surface area contributed by atoms with Crippen LogP contribution in [0.1, 0.15) is 13.9 Å². The van der Waals surface area contributed by atoms with Gasteiger partial charge in [0.1, 0.15) is 0 Å². The van der Waals surface area contributed by atoms with E-state index in [0.717, 1.165) is 11.8 Å². The van der Waals surface area contributed by atoms with Gasteiger partial charge in [-0.15, -0.1) is 0 Å². The molecule has 0 radical (unpaired) electrons. The van der Waals surface area contributed by atoms with Gasteiger partial charge in [-0.3, -0.25) is 4.18 Å². The Bertz CT molecular complexity index is 511. The average molecular weight is 271 g/mol. The van der Waals surface area contributed by atoms with E-state index in [1.165, 1.54) is 0 Å². The van der Waals surface area contributed by atoms with Crippen molar-refractivity contribution in [1.82, 2.24) is 0 Å². The zero-order valence-electron chi connectivity index (χ0n) is 11.5. The third kappa shape index (κ3) is 7.21. The largest absolute Gasteiger partial charge is 0.373 e. The first-order valence-electron chi connectivity index (χ1n) is 6.05. The first-order chi connectivity index (χ1) is 8.88. The van der Waals surface area contributed by atoms with E-state index in [1.807, 2.05) is 30.3 Å². The van der Waals surface area contributed by atoms with Gasteiger partial charge in [-0.1, -0.05) is 36.4 Å². The van der Waals surface area contributed by atoms with E-state index in [0.29, 0.717) is 18.8 Å². The molecule has 4 nitrogen and oxygen atoms in total. The van der Waals surface area contributed by atoms with Crippen LogP contribution in [0.2, 0.25) is 0 Å². The molecular formula is C13H18O4S. The lowest BCUT2D eigenvalue weighted by molar-refractivity contribution is 0.148. The summed E-state index contributed by atoms with van der Waals surface area (Å²) in [7, 11) is -3.61. The maximum atomic E-state index is 10.9. The van der Waals surface area contributed by atoms with Crippen LogP contribution in [0.3, 0.4) is 0 Å². The van der Waals surface area contributed by atoms with E-state index in [1.54, 1.807) is 13.0 Å². The number of hydrogen-bond acceptors (Lipinski definition) is 4. The number of hydrogen-bond donors (Lipinski definition) is 0. The van der Waals surface area contributed by atoms with Gasteiger partial charge in [-0.2, -0.15) is 8.42 Å². The molecule has 0 aliphatic carbocycles. The second-order valence-electron chi connectivity index (χ2n) is 3.87. The summed E-state index contributed by atoms with van der Waals surface area (Å²) in [6.45, 7) is 1.20. The normalized spacial score (nSPS) is 15.2. The van der Waals surface area contributed by atoms with Crippen molar-refractivity contribution >= 4 is 10.1 Å². The highest BCUT2D eigenvalue weighted by Crippen LogP contribution is 2.02. The first kappa shape index (κ1) is 13.3. The molecule has 1 atom stereocenters. The van der Waals surface area contributed by atoms with Crippen molar-refractivity contribution in [3.63, 3.8) is 0 Å². The van der Waals surface area contributed by atoms with Gasteiger partial charge in [0.2, 0.25) is 0 Å². The summed E-state index contributed by atoms with van der Waals surface area (Å²) < 4.78 is 39.2. The molecule has 0 aliphatic heterocycles. The van der Waals surface area contributed by atoms with Crippen LogP contribution in [0.5, 0.6) is 0 Å². The SMILES string of the molecule is [2H][C@@H](OS(C)(=O)=O)/C(C)=C/COCc1ccccc1. The number of benzene rings is 1. The molecular weight excluding hydrogens is 252 g/mol. The van der Waals surface area contributed by atoms with E-state index in [2.05, 4.69) is 4.18 Å². The molecule has 0 unspecified atom stereocenters. The highest BCUT2D eigenvalue weighted by Gasteiger charge is 2.01. The molecule has 0 spiro atoms. The number of rotatable bonds is 7. The summed E-state index contributed by atoms with van der Waals surface area (Å²) in [6.07, 6.45) is 2.57. The Morgan fingerprint density at radius 3 is 2.67 bits per heavy atom. The van der Waals surface area contributed by atoms with Gasteiger partial charge in [0.15, 0.2) is 0 Å². The number of ether oxygens (including phenoxy) is 1. The van der Waals surface area contributed by atoms with Crippen molar-refractivity contribution < 1.29 is 18.7 Å². The zero-order chi connectivity index (χ0) is 14.3.